The normalized spacial score (nSPS) is 16.3. The molecule has 0 aliphatic heterocycles. The molecule has 29 heavy (non-hydrogen) atoms. The van der Waals surface area contributed by atoms with E-state index < -0.39 is 5.91 Å². The topological polar surface area (TPSA) is 96.6 Å². The Bertz CT molecular complexity index is 1180. The van der Waals surface area contributed by atoms with E-state index in [9.17, 15) is 14.7 Å². The number of thiophene rings is 1. The smallest absolute Gasteiger partial charge is 0.262 e. The summed E-state index contributed by atoms with van der Waals surface area (Å²) in [5.41, 5.74) is 3.75. The van der Waals surface area contributed by atoms with Crippen LogP contribution in [0.2, 0.25) is 0 Å². The first-order valence-electron chi connectivity index (χ1n) is 9.22. The minimum atomic E-state index is -0.447. The lowest BCUT2D eigenvalue weighted by Crippen LogP contribution is -2.30. The Kier molecular flexibility index (Phi) is 5.51. The number of phenolic OH excluding ortho intramolecular Hbond substituents is 1. The number of benzene rings is 1. The zero-order valence-corrected chi connectivity index (χ0v) is 18.1. The number of amides is 1. The van der Waals surface area contributed by atoms with Gasteiger partial charge in [0.25, 0.3) is 11.5 Å². The number of nitrogens with one attached hydrogen (secondary N) is 1. The molecular weight excluding hydrogens is 456 g/mol. The molecule has 1 amide bonds. The maximum Gasteiger partial charge on any atom is 0.262 e. The molecular formula is C20H19BrN4O3S. The summed E-state index contributed by atoms with van der Waals surface area (Å²) in [7, 11) is 0. The SMILES string of the molecule is CC1CCc2c(sc3ncn(CC(=O)N/N=C\c4cc(Br)ccc4O)c(=O)c23)C1. The lowest BCUT2D eigenvalue weighted by molar-refractivity contribution is -0.121. The molecule has 9 heteroatoms. The number of hydrazone groups is 1. The highest BCUT2D eigenvalue weighted by atomic mass is 79.9. The molecule has 7 nitrogen and oxygen atoms in total. The third kappa shape index (κ3) is 4.11. The van der Waals surface area contributed by atoms with Gasteiger partial charge in [-0.15, -0.1) is 11.3 Å². The van der Waals surface area contributed by atoms with Crippen molar-refractivity contribution in [3.8, 4) is 5.75 Å². The highest BCUT2D eigenvalue weighted by Crippen LogP contribution is 2.35. The Balaban J connectivity index is 1.51. The second kappa shape index (κ2) is 8.08. The first-order valence-corrected chi connectivity index (χ1v) is 10.8. The summed E-state index contributed by atoms with van der Waals surface area (Å²) in [5.74, 6) is 0.219. The molecule has 0 saturated heterocycles. The van der Waals surface area contributed by atoms with E-state index in [2.05, 4.69) is 38.4 Å². The predicted molar refractivity (Wildman–Crippen MR) is 117 cm³/mol. The quantitative estimate of drug-likeness (QED) is 0.448. The van der Waals surface area contributed by atoms with Crippen molar-refractivity contribution >= 4 is 49.6 Å². The number of carbonyl (C=O) groups excluding carboxylic acids is 1. The molecule has 2 N–H and O–H groups in total. The number of aromatic nitrogens is 2. The van der Waals surface area contributed by atoms with E-state index in [1.807, 2.05) is 0 Å². The van der Waals surface area contributed by atoms with Crippen molar-refractivity contribution in [2.45, 2.75) is 32.7 Å². The molecule has 0 saturated carbocycles. The van der Waals surface area contributed by atoms with Crippen LogP contribution in [0.5, 0.6) is 5.75 Å². The molecule has 0 fully saturated rings. The fraction of sp³-hybridized carbons (Fsp3) is 0.300. The van der Waals surface area contributed by atoms with Gasteiger partial charge in [-0.25, -0.2) is 10.4 Å². The third-order valence-corrected chi connectivity index (χ3v) is 6.63. The van der Waals surface area contributed by atoms with Gasteiger partial charge < -0.3 is 5.11 Å². The van der Waals surface area contributed by atoms with E-state index >= 15 is 0 Å². The number of phenols is 1. The monoisotopic (exact) mass is 474 g/mol. The number of carbonyl (C=O) groups is 1. The van der Waals surface area contributed by atoms with Crippen LogP contribution in [0.15, 0.2) is 38.9 Å². The van der Waals surface area contributed by atoms with E-state index in [-0.39, 0.29) is 17.9 Å². The molecule has 3 aromatic rings. The molecule has 2 aromatic heterocycles. The van der Waals surface area contributed by atoms with Crippen molar-refractivity contribution in [3.05, 3.63) is 55.4 Å². The van der Waals surface area contributed by atoms with Crippen molar-refractivity contribution in [1.82, 2.24) is 15.0 Å². The van der Waals surface area contributed by atoms with E-state index in [1.165, 1.54) is 28.1 Å². The van der Waals surface area contributed by atoms with Gasteiger partial charge in [-0.2, -0.15) is 5.10 Å². The number of rotatable bonds is 4. The van der Waals surface area contributed by atoms with Crippen molar-refractivity contribution in [3.63, 3.8) is 0 Å². The van der Waals surface area contributed by atoms with Gasteiger partial charge in [0, 0.05) is 14.9 Å². The van der Waals surface area contributed by atoms with Gasteiger partial charge in [-0.3, -0.25) is 14.2 Å². The van der Waals surface area contributed by atoms with Gasteiger partial charge in [0.2, 0.25) is 0 Å². The number of halogens is 1. The van der Waals surface area contributed by atoms with Crippen LogP contribution >= 0.6 is 27.3 Å². The zero-order chi connectivity index (χ0) is 20.5. The summed E-state index contributed by atoms with van der Waals surface area (Å²) >= 11 is 4.89. The lowest BCUT2D eigenvalue weighted by Gasteiger charge is -2.17. The van der Waals surface area contributed by atoms with Crippen LogP contribution < -0.4 is 11.0 Å². The fourth-order valence-corrected chi connectivity index (χ4v) is 5.19. The van der Waals surface area contributed by atoms with Gasteiger partial charge in [0.05, 0.1) is 17.9 Å². The number of hydrogen-bond acceptors (Lipinski definition) is 6. The minimum Gasteiger partial charge on any atom is -0.507 e. The van der Waals surface area contributed by atoms with Crippen molar-refractivity contribution < 1.29 is 9.90 Å². The second-order valence-corrected chi connectivity index (χ2v) is 9.21. The van der Waals surface area contributed by atoms with Gasteiger partial charge in [0.15, 0.2) is 0 Å². The summed E-state index contributed by atoms with van der Waals surface area (Å²) < 4.78 is 2.09. The Morgan fingerprint density at radius 2 is 2.34 bits per heavy atom. The largest absolute Gasteiger partial charge is 0.507 e. The number of aryl methyl sites for hydroxylation is 1. The van der Waals surface area contributed by atoms with E-state index in [1.54, 1.807) is 23.5 Å². The Hall–Kier alpha value is -2.52. The number of aromatic hydroxyl groups is 1. The zero-order valence-electron chi connectivity index (χ0n) is 15.7. The maximum absolute atomic E-state index is 12.9. The van der Waals surface area contributed by atoms with E-state index in [4.69, 9.17) is 0 Å². The summed E-state index contributed by atoms with van der Waals surface area (Å²) in [6.07, 6.45) is 5.68. The first-order chi connectivity index (χ1) is 13.9. The highest BCUT2D eigenvalue weighted by molar-refractivity contribution is 9.10. The van der Waals surface area contributed by atoms with Gasteiger partial charge in [-0.1, -0.05) is 22.9 Å². The van der Waals surface area contributed by atoms with E-state index in [0.717, 1.165) is 34.1 Å². The van der Waals surface area contributed by atoms with Crippen LogP contribution in [0.3, 0.4) is 0 Å². The number of hydrogen-bond donors (Lipinski definition) is 2. The van der Waals surface area contributed by atoms with Crippen LogP contribution in [-0.2, 0) is 24.2 Å². The Morgan fingerprint density at radius 1 is 1.52 bits per heavy atom. The number of nitrogens with zero attached hydrogens (tertiary/aromatic N) is 3. The third-order valence-electron chi connectivity index (χ3n) is 4.98. The molecule has 1 aliphatic rings. The average Bonchev–Trinajstić information content (AvgIpc) is 3.05. The maximum atomic E-state index is 12.9. The summed E-state index contributed by atoms with van der Waals surface area (Å²) in [6, 6.07) is 4.90. The van der Waals surface area contributed by atoms with E-state index in [0.29, 0.717) is 16.9 Å². The lowest BCUT2D eigenvalue weighted by atomic mass is 9.89. The molecule has 1 atom stereocenters. The first kappa shape index (κ1) is 19.8. The second-order valence-electron chi connectivity index (χ2n) is 7.21. The Morgan fingerprint density at radius 3 is 3.17 bits per heavy atom. The van der Waals surface area contributed by atoms with Gasteiger partial charge in [-0.05, 0) is 48.9 Å². The van der Waals surface area contributed by atoms with Crippen LogP contribution in [0.4, 0.5) is 0 Å². The molecule has 1 aliphatic carbocycles. The molecule has 0 radical (unpaired) electrons. The fourth-order valence-electron chi connectivity index (χ4n) is 3.47. The average molecular weight is 475 g/mol. The Labute approximate surface area is 179 Å². The standard InChI is InChI=1S/C20H19BrN4O3S/c1-11-2-4-14-16(6-11)29-19-18(14)20(28)25(10-22-19)9-17(27)24-23-8-12-7-13(21)3-5-15(12)26/h3,5,7-8,10-11,26H,2,4,6,9H2,1H3,(H,24,27)/b23-8-. The summed E-state index contributed by atoms with van der Waals surface area (Å²) in [5, 5.41) is 14.3. The molecule has 0 spiro atoms. The molecule has 0 bridgehead atoms. The highest BCUT2D eigenvalue weighted by Gasteiger charge is 2.23. The molecule has 1 unspecified atom stereocenters. The van der Waals surface area contributed by atoms with Gasteiger partial charge in [0.1, 0.15) is 17.1 Å². The predicted octanol–water partition coefficient (Wildman–Crippen LogP) is 3.20. The van der Waals surface area contributed by atoms with Crippen LogP contribution in [0.25, 0.3) is 10.2 Å². The van der Waals surface area contributed by atoms with Crippen LogP contribution in [-0.4, -0.2) is 26.8 Å². The number of fused-ring (bicyclic) bond motifs is 3. The molecule has 1 aromatic carbocycles. The van der Waals surface area contributed by atoms with Crippen molar-refractivity contribution in [2.75, 3.05) is 0 Å². The van der Waals surface area contributed by atoms with Crippen LogP contribution in [0, 0.1) is 5.92 Å². The summed E-state index contributed by atoms with van der Waals surface area (Å²) in [6.45, 7) is 2.04. The van der Waals surface area contributed by atoms with Crippen molar-refractivity contribution in [1.29, 1.82) is 0 Å². The molecule has 150 valence electrons. The van der Waals surface area contributed by atoms with Gasteiger partial charge >= 0.3 is 0 Å². The minimum absolute atomic E-state index is 0.0496. The summed E-state index contributed by atoms with van der Waals surface area (Å²) in [4.78, 5) is 31.5. The molecule has 4 rings (SSSR count). The van der Waals surface area contributed by atoms with Crippen molar-refractivity contribution in [2.24, 2.45) is 11.0 Å². The molecule has 2 heterocycles. The van der Waals surface area contributed by atoms with Crippen LogP contribution in [0.1, 0.15) is 29.3 Å².